The predicted molar refractivity (Wildman–Crippen MR) is 105 cm³/mol. The molecule has 1 unspecified atom stereocenters. The maximum absolute atomic E-state index is 12.7. The molecule has 142 valence electrons. The fourth-order valence-electron chi connectivity index (χ4n) is 3.41. The zero-order valence-corrected chi connectivity index (χ0v) is 15.6. The molecule has 0 bridgehead atoms. The van der Waals surface area contributed by atoms with Crippen LogP contribution in [0.15, 0.2) is 35.3 Å². The topological polar surface area (TPSA) is 78.6 Å². The van der Waals surface area contributed by atoms with Gasteiger partial charge in [-0.2, -0.15) is 9.67 Å². The van der Waals surface area contributed by atoms with Gasteiger partial charge in [0.15, 0.2) is 0 Å². The first-order chi connectivity index (χ1) is 13.2. The third-order valence-electron chi connectivity index (χ3n) is 5.09. The zero-order valence-electron chi connectivity index (χ0n) is 15.6. The van der Waals surface area contributed by atoms with Crippen LogP contribution < -0.4 is 5.32 Å². The standard InChI is InChI=1S/C19H25N7O/c1-24-10-12-25(13-11-24)9-5-8-20-18-22-19-21-14-16(17(27)26(19)23-18)15-6-3-2-4-7-15/h2-4,6-7,14,16H,5,8-13H2,1H3,(H,20,23). The van der Waals surface area contributed by atoms with Crippen LogP contribution in [-0.4, -0.2) is 83.0 Å². The molecule has 1 saturated heterocycles. The lowest BCUT2D eigenvalue weighted by Gasteiger charge is -2.32. The first kappa shape index (κ1) is 17.8. The van der Waals surface area contributed by atoms with Crippen LogP contribution in [0.4, 0.5) is 11.9 Å². The highest BCUT2D eigenvalue weighted by molar-refractivity contribution is 6.03. The number of carbonyl (C=O) groups is 1. The number of anilines is 1. The lowest BCUT2D eigenvalue weighted by Crippen LogP contribution is -2.44. The van der Waals surface area contributed by atoms with E-state index in [9.17, 15) is 4.79 Å². The third-order valence-corrected chi connectivity index (χ3v) is 5.09. The summed E-state index contributed by atoms with van der Waals surface area (Å²) in [5.74, 6) is 0.269. The van der Waals surface area contributed by atoms with Gasteiger partial charge in [0.05, 0.1) is 0 Å². The Bertz CT molecular complexity index is 809. The van der Waals surface area contributed by atoms with E-state index in [0.29, 0.717) is 11.9 Å². The van der Waals surface area contributed by atoms with Gasteiger partial charge in [0.2, 0.25) is 5.95 Å². The lowest BCUT2D eigenvalue weighted by molar-refractivity contribution is 0.0887. The van der Waals surface area contributed by atoms with Crippen LogP contribution in [0.25, 0.3) is 0 Å². The Morgan fingerprint density at radius 1 is 1.15 bits per heavy atom. The fraction of sp³-hybridized carbons (Fsp3) is 0.474. The number of carbonyl (C=O) groups excluding carboxylic acids is 1. The molecule has 4 rings (SSSR count). The Kier molecular flexibility index (Phi) is 5.26. The Balaban J connectivity index is 1.31. The number of piperazine rings is 1. The number of fused-ring (bicyclic) bond motifs is 1. The van der Waals surface area contributed by atoms with Gasteiger partial charge in [0.1, 0.15) is 5.92 Å². The van der Waals surface area contributed by atoms with Gasteiger partial charge < -0.3 is 15.1 Å². The lowest BCUT2D eigenvalue weighted by atomic mass is 9.99. The monoisotopic (exact) mass is 367 g/mol. The van der Waals surface area contributed by atoms with Crippen LogP contribution in [0.1, 0.15) is 22.7 Å². The van der Waals surface area contributed by atoms with Gasteiger partial charge in [0.25, 0.3) is 11.9 Å². The van der Waals surface area contributed by atoms with Crippen LogP contribution >= 0.6 is 0 Å². The Labute approximate surface area is 158 Å². The summed E-state index contributed by atoms with van der Waals surface area (Å²) in [6, 6.07) is 9.61. The van der Waals surface area contributed by atoms with Gasteiger partial charge in [0, 0.05) is 38.9 Å². The van der Waals surface area contributed by atoms with Crippen molar-refractivity contribution in [2.75, 3.05) is 51.6 Å². The highest BCUT2D eigenvalue weighted by Crippen LogP contribution is 2.24. The normalized spacial score (nSPS) is 20.6. The SMILES string of the molecule is CN1CCN(CCCNc2nc3n(n2)C(=O)C(c2ccccc2)C=N3)CC1. The van der Waals surface area contributed by atoms with Crippen molar-refractivity contribution in [3.05, 3.63) is 35.9 Å². The fourth-order valence-corrected chi connectivity index (χ4v) is 3.41. The molecule has 8 heteroatoms. The number of benzene rings is 1. The Hall–Kier alpha value is -2.58. The van der Waals surface area contributed by atoms with E-state index in [-0.39, 0.29) is 5.91 Å². The van der Waals surface area contributed by atoms with Crippen LogP contribution in [0.2, 0.25) is 0 Å². The molecule has 3 heterocycles. The molecule has 0 saturated carbocycles. The minimum Gasteiger partial charge on any atom is -0.353 e. The van der Waals surface area contributed by atoms with Gasteiger partial charge >= 0.3 is 0 Å². The second-order valence-corrected chi connectivity index (χ2v) is 7.08. The minimum absolute atomic E-state index is 0.121. The van der Waals surface area contributed by atoms with Gasteiger partial charge in [-0.15, -0.1) is 5.10 Å². The zero-order chi connectivity index (χ0) is 18.6. The van der Waals surface area contributed by atoms with Crippen molar-refractivity contribution in [2.45, 2.75) is 12.3 Å². The van der Waals surface area contributed by atoms with E-state index in [1.54, 1.807) is 6.21 Å². The van der Waals surface area contributed by atoms with Gasteiger partial charge in [-0.25, -0.2) is 4.99 Å². The van der Waals surface area contributed by atoms with Crippen LogP contribution in [0.3, 0.4) is 0 Å². The predicted octanol–water partition coefficient (Wildman–Crippen LogP) is 1.47. The summed E-state index contributed by atoms with van der Waals surface area (Å²) in [5.41, 5.74) is 0.911. The number of likely N-dealkylation sites (N-methyl/N-ethyl adjacent to an activating group) is 1. The number of aliphatic imine (C=N–C) groups is 1. The van der Waals surface area contributed by atoms with Crippen LogP contribution in [0, 0.1) is 0 Å². The quantitative estimate of drug-likeness (QED) is 0.779. The Morgan fingerprint density at radius 3 is 2.70 bits per heavy atom. The molecular weight excluding hydrogens is 342 g/mol. The number of nitrogens with one attached hydrogen (secondary N) is 1. The smallest absolute Gasteiger partial charge is 0.263 e. The summed E-state index contributed by atoms with van der Waals surface area (Å²) in [7, 11) is 2.16. The minimum atomic E-state index is -0.412. The second-order valence-electron chi connectivity index (χ2n) is 7.08. The molecule has 0 radical (unpaired) electrons. The van der Waals surface area contributed by atoms with Crippen molar-refractivity contribution in [2.24, 2.45) is 4.99 Å². The van der Waals surface area contributed by atoms with Crippen molar-refractivity contribution in [1.82, 2.24) is 24.6 Å². The van der Waals surface area contributed by atoms with Crippen molar-refractivity contribution in [3.63, 3.8) is 0 Å². The van der Waals surface area contributed by atoms with Crippen molar-refractivity contribution >= 4 is 24.0 Å². The molecule has 1 N–H and O–H groups in total. The average molecular weight is 367 g/mol. The molecular formula is C19H25N7O. The van der Waals surface area contributed by atoms with E-state index >= 15 is 0 Å². The average Bonchev–Trinajstić information content (AvgIpc) is 3.12. The summed E-state index contributed by atoms with van der Waals surface area (Å²) in [6.45, 7) is 6.34. The molecule has 2 aliphatic heterocycles. The molecule has 2 aromatic rings. The van der Waals surface area contributed by atoms with Gasteiger partial charge in [-0.05, 0) is 25.6 Å². The molecule has 2 aliphatic rings. The summed E-state index contributed by atoms with van der Waals surface area (Å²) < 4.78 is 1.31. The number of hydrogen-bond acceptors (Lipinski definition) is 7. The van der Waals surface area contributed by atoms with E-state index in [0.717, 1.165) is 51.3 Å². The van der Waals surface area contributed by atoms with Crippen molar-refractivity contribution < 1.29 is 4.79 Å². The highest BCUT2D eigenvalue weighted by Gasteiger charge is 2.28. The second kappa shape index (κ2) is 7.98. The van der Waals surface area contributed by atoms with E-state index < -0.39 is 5.92 Å². The van der Waals surface area contributed by atoms with Gasteiger partial charge in [-0.1, -0.05) is 30.3 Å². The molecule has 1 aromatic heterocycles. The number of rotatable bonds is 6. The maximum Gasteiger partial charge on any atom is 0.263 e. The summed E-state index contributed by atoms with van der Waals surface area (Å²) in [5, 5.41) is 7.53. The maximum atomic E-state index is 12.7. The van der Waals surface area contributed by atoms with Crippen LogP contribution in [-0.2, 0) is 0 Å². The number of aromatic nitrogens is 3. The first-order valence-electron chi connectivity index (χ1n) is 9.46. The van der Waals surface area contributed by atoms with Gasteiger partial charge in [-0.3, -0.25) is 4.79 Å². The molecule has 1 atom stereocenters. The third kappa shape index (κ3) is 4.06. The van der Waals surface area contributed by atoms with E-state index in [1.807, 2.05) is 30.3 Å². The molecule has 1 fully saturated rings. The Morgan fingerprint density at radius 2 is 1.93 bits per heavy atom. The summed E-state index contributed by atoms with van der Waals surface area (Å²) >= 11 is 0. The summed E-state index contributed by atoms with van der Waals surface area (Å²) in [4.78, 5) is 26.2. The molecule has 1 aromatic carbocycles. The molecule has 0 aliphatic carbocycles. The van der Waals surface area contributed by atoms with Crippen molar-refractivity contribution in [1.29, 1.82) is 0 Å². The number of hydrogen-bond donors (Lipinski definition) is 1. The van der Waals surface area contributed by atoms with E-state index in [4.69, 9.17) is 0 Å². The van der Waals surface area contributed by atoms with E-state index in [2.05, 4.69) is 37.2 Å². The van der Waals surface area contributed by atoms with E-state index in [1.165, 1.54) is 4.68 Å². The first-order valence-corrected chi connectivity index (χ1v) is 9.46. The molecule has 27 heavy (non-hydrogen) atoms. The van der Waals surface area contributed by atoms with Crippen molar-refractivity contribution in [3.8, 4) is 0 Å². The molecule has 8 nitrogen and oxygen atoms in total. The molecule has 0 amide bonds. The molecule has 0 spiro atoms. The highest BCUT2D eigenvalue weighted by atomic mass is 16.2. The largest absolute Gasteiger partial charge is 0.353 e. The number of nitrogens with zero attached hydrogens (tertiary/aromatic N) is 6. The summed E-state index contributed by atoms with van der Waals surface area (Å²) in [6.07, 6.45) is 2.66. The van der Waals surface area contributed by atoms with Crippen LogP contribution in [0.5, 0.6) is 0 Å².